The number of benzene rings is 1. The number of nitrogens with zero attached hydrogens (tertiary/aromatic N) is 3. The van der Waals surface area contributed by atoms with Crippen LogP contribution < -0.4 is 10.2 Å². The number of rotatable bonds is 2. The molecule has 23 heavy (non-hydrogen) atoms. The summed E-state index contributed by atoms with van der Waals surface area (Å²) in [5.41, 5.74) is 1.46. The van der Waals surface area contributed by atoms with E-state index in [9.17, 15) is 4.79 Å². The van der Waals surface area contributed by atoms with Gasteiger partial charge >= 0.3 is 0 Å². The lowest BCUT2D eigenvalue weighted by molar-refractivity contribution is -0.129. The SMILES string of the molecule is CC(C)(C)C(=O)NC1CCCN(c2cnc3ccccc3n2)C1. The Morgan fingerprint density at radius 2 is 2.00 bits per heavy atom. The topological polar surface area (TPSA) is 58.1 Å². The minimum atomic E-state index is -0.356. The first kappa shape index (κ1) is 15.7. The number of para-hydroxylation sites is 2. The summed E-state index contributed by atoms with van der Waals surface area (Å²) in [6.45, 7) is 7.57. The van der Waals surface area contributed by atoms with Gasteiger partial charge in [-0.2, -0.15) is 0 Å². The molecule has 0 radical (unpaired) electrons. The Bertz CT molecular complexity index is 707. The summed E-state index contributed by atoms with van der Waals surface area (Å²) in [5, 5.41) is 3.17. The van der Waals surface area contributed by atoms with Crippen molar-refractivity contribution in [2.75, 3.05) is 18.0 Å². The molecule has 0 aliphatic carbocycles. The molecule has 1 amide bonds. The van der Waals surface area contributed by atoms with Crippen molar-refractivity contribution < 1.29 is 4.79 Å². The largest absolute Gasteiger partial charge is 0.353 e. The van der Waals surface area contributed by atoms with Gasteiger partial charge in [0, 0.05) is 24.5 Å². The van der Waals surface area contributed by atoms with Gasteiger partial charge in [0.15, 0.2) is 0 Å². The van der Waals surface area contributed by atoms with Gasteiger partial charge < -0.3 is 10.2 Å². The van der Waals surface area contributed by atoms with Crippen molar-refractivity contribution in [1.29, 1.82) is 0 Å². The van der Waals surface area contributed by atoms with Gasteiger partial charge in [-0.3, -0.25) is 9.78 Å². The first-order chi connectivity index (χ1) is 10.9. The highest BCUT2D eigenvalue weighted by Gasteiger charge is 2.27. The molecular formula is C18H24N4O. The molecule has 2 heterocycles. The van der Waals surface area contributed by atoms with Crippen molar-refractivity contribution >= 4 is 22.8 Å². The first-order valence-electron chi connectivity index (χ1n) is 8.21. The second kappa shape index (κ2) is 6.14. The number of hydrogen-bond donors (Lipinski definition) is 1. The van der Waals surface area contributed by atoms with Crippen molar-refractivity contribution in [3.8, 4) is 0 Å². The van der Waals surface area contributed by atoms with Crippen LogP contribution in [-0.2, 0) is 4.79 Å². The van der Waals surface area contributed by atoms with Crippen LogP contribution in [0.4, 0.5) is 5.82 Å². The second-order valence-electron chi connectivity index (χ2n) is 7.23. The molecule has 1 saturated heterocycles. The number of piperidine rings is 1. The first-order valence-corrected chi connectivity index (χ1v) is 8.21. The lowest BCUT2D eigenvalue weighted by Crippen LogP contribution is -2.50. The van der Waals surface area contributed by atoms with Crippen LogP contribution in [0.5, 0.6) is 0 Å². The maximum atomic E-state index is 12.2. The van der Waals surface area contributed by atoms with E-state index in [1.54, 1.807) is 0 Å². The van der Waals surface area contributed by atoms with Crippen LogP contribution in [0.1, 0.15) is 33.6 Å². The van der Waals surface area contributed by atoms with Crippen molar-refractivity contribution in [2.45, 2.75) is 39.7 Å². The molecule has 1 aliphatic heterocycles. The van der Waals surface area contributed by atoms with Gasteiger partial charge in [-0.05, 0) is 25.0 Å². The highest BCUT2D eigenvalue weighted by Crippen LogP contribution is 2.21. The monoisotopic (exact) mass is 312 g/mol. The van der Waals surface area contributed by atoms with Gasteiger partial charge in [-0.1, -0.05) is 32.9 Å². The summed E-state index contributed by atoms with van der Waals surface area (Å²) in [6.07, 6.45) is 3.89. The molecule has 3 rings (SSSR count). The van der Waals surface area contributed by atoms with Gasteiger partial charge in [0.1, 0.15) is 5.82 Å². The highest BCUT2D eigenvalue weighted by molar-refractivity contribution is 5.81. The maximum Gasteiger partial charge on any atom is 0.225 e. The number of amides is 1. The average molecular weight is 312 g/mol. The van der Waals surface area contributed by atoms with Crippen LogP contribution in [0.25, 0.3) is 11.0 Å². The van der Waals surface area contributed by atoms with Gasteiger partial charge in [0.05, 0.1) is 17.2 Å². The Kier molecular flexibility index (Phi) is 4.20. The molecule has 2 aromatic rings. The zero-order valence-electron chi connectivity index (χ0n) is 14.0. The lowest BCUT2D eigenvalue weighted by Gasteiger charge is -2.35. The number of nitrogens with one attached hydrogen (secondary N) is 1. The molecule has 0 saturated carbocycles. The summed E-state index contributed by atoms with van der Waals surface area (Å²) in [6, 6.07) is 8.06. The standard InChI is InChI=1S/C18H24N4O/c1-18(2,3)17(23)20-13-7-6-10-22(12-13)16-11-19-14-8-4-5-9-15(14)21-16/h4-5,8-9,11,13H,6-7,10,12H2,1-3H3,(H,20,23). The number of fused-ring (bicyclic) bond motifs is 1. The molecule has 1 fully saturated rings. The number of hydrogen-bond acceptors (Lipinski definition) is 4. The number of carbonyl (C=O) groups is 1. The van der Waals surface area contributed by atoms with E-state index in [1.165, 1.54) is 0 Å². The maximum absolute atomic E-state index is 12.2. The summed E-state index contributed by atoms with van der Waals surface area (Å²) in [5.74, 6) is 0.993. The third-order valence-corrected chi connectivity index (χ3v) is 4.20. The molecule has 1 N–H and O–H groups in total. The second-order valence-corrected chi connectivity index (χ2v) is 7.23. The lowest BCUT2D eigenvalue weighted by atomic mass is 9.94. The minimum absolute atomic E-state index is 0.106. The summed E-state index contributed by atoms with van der Waals surface area (Å²) < 4.78 is 0. The Labute approximate surface area is 137 Å². The average Bonchev–Trinajstić information content (AvgIpc) is 2.54. The third-order valence-electron chi connectivity index (χ3n) is 4.20. The van der Waals surface area contributed by atoms with Crippen molar-refractivity contribution in [3.05, 3.63) is 30.5 Å². The van der Waals surface area contributed by atoms with Crippen LogP contribution in [-0.4, -0.2) is 35.0 Å². The van der Waals surface area contributed by atoms with E-state index in [0.29, 0.717) is 0 Å². The van der Waals surface area contributed by atoms with Crippen LogP contribution >= 0.6 is 0 Å². The smallest absolute Gasteiger partial charge is 0.225 e. The Morgan fingerprint density at radius 1 is 1.26 bits per heavy atom. The summed E-state index contributed by atoms with van der Waals surface area (Å²) >= 11 is 0. The van der Waals surface area contributed by atoms with Gasteiger partial charge in [-0.25, -0.2) is 4.98 Å². The van der Waals surface area contributed by atoms with Crippen LogP contribution in [0.15, 0.2) is 30.5 Å². The molecule has 0 spiro atoms. The predicted molar refractivity (Wildman–Crippen MR) is 92.4 cm³/mol. The predicted octanol–water partition coefficient (Wildman–Crippen LogP) is 2.76. The molecule has 1 atom stereocenters. The molecule has 1 aromatic heterocycles. The van der Waals surface area contributed by atoms with Crippen molar-refractivity contribution in [1.82, 2.24) is 15.3 Å². The van der Waals surface area contributed by atoms with E-state index in [4.69, 9.17) is 4.98 Å². The normalized spacial score (nSPS) is 18.9. The van der Waals surface area contributed by atoms with Gasteiger partial charge in [-0.15, -0.1) is 0 Å². The molecule has 5 nitrogen and oxygen atoms in total. The number of carbonyl (C=O) groups excluding carboxylic acids is 1. The van der Waals surface area contributed by atoms with Crippen LogP contribution in [0, 0.1) is 5.41 Å². The Balaban J connectivity index is 1.73. The fourth-order valence-corrected chi connectivity index (χ4v) is 2.80. The van der Waals surface area contributed by atoms with E-state index in [-0.39, 0.29) is 17.4 Å². The molecule has 1 aromatic carbocycles. The zero-order chi connectivity index (χ0) is 16.4. The van der Waals surface area contributed by atoms with Crippen LogP contribution in [0.3, 0.4) is 0 Å². The van der Waals surface area contributed by atoms with E-state index in [2.05, 4.69) is 15.2 Å². The van der Waals surface area contributed by atoms with Crippen molar-refractivity contribution in [3.63, 3.8) is 0 Å². The van der Waals surface area contributed by atoms with Gasteiger partial charge in [0.2, 0.25) is 5.91 Å². The van der Waals surface area contributed by atoms with E-state index < -0.39 is 0 Å². The quantitative estimate of drug-likeness (QED) is 0.926. The molecular weight excluding hydrogens is 288 g/mol. The molecule has 1 unspecified atom stereocenters. The molecule has 5 heteroatoms. The fourth-order valence-electron chi connectivity index (χ4n) is 2.80. The molecule has 0 bridgehead atoms. The minimum Gasteiger partial charge on any atom is -0.353 e. The highest BCUT2D eigenvalue weighted by atomic mass is 16.2. The molecule has 1 aliphatic rings. The van der Waals surface area contributed by atoms with Crippen molar-refractivity contribution in [2.24, 2.45) is 5.41 Å². The van der Waals surface area contributed by atoms with E-state index in [1.807, 2.05) is 51.2 Å². The summed E-state index contributed by atoms with van der Waals surface area (Å²) in [7, 11) is 0. The number of anilines is 1. The Hall–Kier alpha value is -2.17. The summed E-state index contributed by atoms with van der Waals surface area (Å²) in [4.78, 5) is 23.6. The van der Waals surface area contributed by atoms with E-state index >= 15 is 0 Å². The van der Waals surface area contributed by atoms with Gasteiger partial charge in [0.25, 0.3) is 0 Å². The fraction of sp³-hybridized carbons (Fsp3) is 0.500. The Morgan fingerprint density at radius 3 is 2.74 bits per heavy atom. The van der Waals surface area contributed by atoms with Crippen LogP contribution in [0.2, 0.25) is 0 Å². The zero-order valence-corrected chi connectivity index (χ0v) is 14.0. The van der Waals surface area contributed by atoms with E-state index in [0.717, 1.165) is 42.8 Å². The number of aromatic nitrogens is 2. The molecule has 122 valence electrons. The third kappa shape index (κ3) is 3.60.